The van der Waals surface area contributed by atoms with Gasteiger partial charge in [-0.05, 0) is 31.3 Å². The van der Waals surface area contributed by atoms with Gasteiger partial charge >= 0.3 is 0 Å². The fourth-order valence-electron chi connectivity index (χ4n) is 2.50. The molecule has 0 saturated carbocycles. The van der Waals surface area contributed by atoms with E-state index in [2.05, 4.69) is 47.6 Å². The molecule has 0 saturated heterocycles. The monoisotopic (exact) mass is 280 g/mol. The number of hydrogen-bond acceptors (Lipinski definition) is 3. The number of aromatic nitrogens is 3. The molecule has 0 fully saturated rings. The number of nitrogens with one attached hydrogen (secondary N) is 1. The maximum atomic E-state index is 4.84. The van der Waals surface area contributed by atoms with E-state index in [9.17, 15) is 0 Å². The van der Waals surface area contributed by atoms with Gasteiger partial charge in [-0.1, -0.05) is 31.2 Å². The second-order valence-corrected chi connectivity index (χ2v) is 5.18. The van der Waals surface area contributed by atoms with Crippen LogP contribution < -0.4 is 5.32 Å². The highest BCUT2D eigenvalue weighted by Gasteiger charge is 2.09. The lowest BCUT2D eigenvalue weighted by atomic mass is 10.1. The van der Waals surface area contributed by atoms with E-state index in [1.807, 2.05) is 23.9 Å². The summed E-state index contributed by atoms with van der Waals surface area (Å²) in [6.07, 6.45) is 4.90. The highest BCUT2D eigenvalue weighted by atomic mass is 15.1. The van der Waals surface area contributed by atoms with Gasteiger partial charge in [-0.2, -0.15) is 0 Å². The molecule has 0 radical (unpaired) electrons. The van der Waals surface area contributed by atoms with Crippen molar-refractivity contribution in [3.05, 3.63) is 54.2 Å². The van der Waals surface area contributed by atoms with Gasteiger partial charge < -0.3 is 5.32 Å². The van der Waals surface area contributed by atoms with E-state index >= 15 is 0 Å². The van der Waals surface area contributed by atoms with Gasteiger partial charge in [-0.25, -0.2) is 9.97 Å². The molecule has 0 aliphatic carbocycles. The third-order valence-corrected chi connectivity index (χ3v) is 3.56. The zero-order valence-corrected chi connectivity index (χ0v) is 12.5. The molecule has 0 bridgehead atoms. The van der Waals surface area contributed by atoms with Gasteiger partial charge in [-0.15, -0.1) is 0 Å². The largest absolute Gasteiger partial charge is 0.311 e. The van der Waals surface area contributed by atoms with E-state index in [1.165, 1.54) is 5.39 Å². The van der Waals surface area contributed by atoms with Gasteiger partial charge in [0.05, 0.1) is 5.69 Å². The van der Waals surface area contributed by atoms with Crippen molar-refractivity contribution in [1.82, 2.24) is 19.9 Å². The number of aryl methyl sites for hydroxylation is 1. The summed E-state index contributed by atoms with van der Waals surface area (Å²) in [6, 6.07) is 10.5. The van der Waals surface area contributed by atoms with Crippen LogP contribution in [0.5, 0.6) is 0 Å². The van der Waals surface area contributed by atoms with E-state index in [0.29, 0.717) is 0 Å². The molecule has 2 aromatic heterocycles. The highest BCUT2D eigenvalue weighted by molar-refractivity contribution is 5.88. The quantitative estimate of drug-likeness (QED) is 0.730. The average molecular weight is 280 g/mol. The first-order chi connectivity index (χ1) is 10.3. The molecule has 0 aliphatic heterocycles. The number of rotatable bonds is 5. The summed E-state index contributed by atoms with van der Waals surface area (Å²) in [5, 5.41) is 5.78. The Hall–Kier alpha value is -2.20. The number of nitrogens with zero attached hydrogens (tertiary/aromatic N) is 3. The van der Waals surface area contributed by atoms with Crippen molar-refractivity contribution in [2.24, 2.45) is 0 Å². The fraction of sp³-hybridized carbons (Fsp3) is 0.294. The Kier molecular flexibility index (Phi) is 3.97. The second-order valence-electron chi connectivity index (χ2n) is 5.18. The number of hydrogen-bond donors (Lipinski definition) is 1. The summed E-state index contributed by atoms with van der Waals surface area (Å²) in [5.41, 5.74) is 1.06. The predicted molar refractivity (Wildman–Crippen MR) is 85.6 cm³/mol. The zero-order chi connectivity index (χ0) is 14.7. The Labute approximate surface area is 124 Å². The lowest BCUT2D eigenvalue weighted by Gasteiger charge is -2.11. The molecule has 3 rings (SSSR count). The van der Waals surface area contributed by atoms with Gasteiger partial charge in [-0.3, -0.25) is 4.57 Å². The molecule has 108 valence electrons. The van der Waals surface area contributed by atoms with Crippen LogP contribution in [0.1, 0.15) is 24.9 Å². The summed E-state index contributed by atoms with van der Waals surface area (Å²) < 4.78 is 2.05. The van der Waals surface area contributed by atoms with Crippen molar-refractivity contribution < 1.29 is 0 Å². The molecule has 0 spiro atoms. The van der Waals surface area contributed by atoms with Gasteiger partial charge in [0.15, 0.2) is 0 Å². The summed E-state index contributed by atoms with van der Waals surface area (Å²) in [4.78, 5) is 9.15. The lowest BCUT2D eigenvalue weighted by Crippen LogP contribution is -2.15. The molecule has 4 heteroatoms. The van der Waals surface area contributed by atoms with Crippen LogP contribution in [0.25, 0.3) is 16.6 Å². The minimum Gasteiger partial charge on any atom is -0.311 e. The Bertz CT molecular complexity index is 745. The third-order valence-electron chi connectivity index (χ3n) is 3.56. The Morgan fingerprint density at radius 2 is 2.10 bits per heavy atom. The van der Waals surface area contributed by atoms with Crippen molar-refractivity contribution >= 4 is 10.8 Å². The van der Waals surface area contributed by atoms with Gasteiger partial charge in [0.25, 0.3) is 0 Å². The smallest absolute Gasteiger partial charge is 0.146 e. The van der Waals surface area contributed by atoms with Gasteiger partial charge in [0.1, 0.15) is 11.6 Å². The summed E-state index contributed by atoms with van der Waals surface area (Å²) in [7, 11) is 0. The second kappa shape index (κ2) is 6.06. The topological polar surface area (TPSA) is 42.7 Å². The number of fused-ring (bicyclic) bond motifs is 1. The minimum absolute atomic E-state index is 0.791. The molecule has 2 heterocycles. The summed E-state index contributed by atoms with van der Waals surface area (Å²) in [6.45, 7) is 5.97. The molecule has 1 N–H and O–H groups in total. The Morgan fingerprint density at radius 1 is 1.24 bits per heavy atom. The van der Waals surface area contributed by atoms with Gasteiger partial charge in [0.2, 0.25) is 0 Å². The number of pyridine rings is 1. The zero-order valence-electron chi connectivity index (χ0n) is 12.5. The fourth-order valence-corrected chi connectivity index (χ4v) is 2.50. The third kappa shape index (κ3) is 2.81. The van der Waals surface area contributed by atoms with Crippen molar-refractivity contribution in [2.45, 2.75) is 26.8 Å². The highest BCUT2D eigenvalue weighted by Crippen LogP contribution is 2.22. The maximum absolute atomic E-state index is 4.84. The predicted octanol–water partition coefficient (Wildman–Crippen LogP) is 3.23. The van der Waals surface area contributed by atoms with Crippen LogP contribution in [0.3, 0.4) is 0 Å². The average Bonchev–Trinajstić information content (AvgIpc) is 2.93. The van der Waals surface area contributed by atoms with E-state index in [0.717, 1.165) is 42.2 Å². The first kappa shape index (κ1) is 13.8. The first-order valence-corrected chi connectivity index (χ1v) is 7.39. The molecular formula is C17H20N4. The van der Waals surface area contributed by atoms with Crippen molar-refractivity contribution in [3.8, 4) is 5.82 Å². The van der Waals surface area contributed by atoms with E-state index < -0.39 is 0 Å². The van der Waals surface area contributed by atoms with Crippen LogP contribution >= 0.6 is 0 Å². The molecule has 0 amide bonds. The summed E-state index contributed by atoms with van der Waals surface area (Å²) in [5.74, 6) is 1.91. The van der Waals surface area contributed by atoms with E-state index in [-0.39, 0.29) is 0 Å². The molecule has 3 aromatic rings. The molecule has 4 nitrogen and oxygen atoms in total. The normalized spacial score (nSPS) is 11.1. The van der Waals surface area contributed by atoms with Gasteiger partial charge in [0, 0.05) is 24.3 Å². The Balaban J connectivity index is 2.10. The molecular weight excluding hydrogens is 260 g/mol. The molecule has 0 atom stereocenters. The van der Waals surface area contributed by atoms with Crippen molar-refractivity contribution in [3.63, 3.8) is 0 Å². The molecule has 0 aliphatic rings. The number of imidazole rings is 1. The molecule has 0 unspecified atom stereocenters. The van der Waals surface area contributed by atoms with Crippen LogP contribution in [0, 0.1) is 6.92 Å². The lowest BCUT2D eigenvalue weighted by molar-refractivity contribution is 0.663. The first-order valence-electron chi connectivity index (χ1n) is 7.39. The minimum atomic E-state index is 0.791. The van der Waals surface area contributed by atoms with Crippen molar-refractivity contribution in [2.75, 3.05) is 6.54 Å². The van der Waals surface area contributed by atoms with E-state index in [4.69, 9.17) is 4.98 Å². The standard InChI is InChI=1S/C17H20N4/c1-3-8-18-12-15-11-14-6-4-5-7-16(14)17(20-15)21-10-9-19-13(21)2/h4-7,9-11,18H,3,8,12H2,1-2H3. The van der Waals surface area contributed by atoms with Crippen LogP contribution in [0.2, 0.25) is 0 Å². The number of benzene rings is 1. The van der Waals surface area contributed by atoms with E-state index in [1.54, 1.807) is 0 Å². The molecule has 1 aromatic carbocycles. The SMILES string of the molecule is CCCNCc1cc2ccccc2c(-n2ccnc2C)n1. The summed E-state index contributed by atoms with van der Waals surface area (Å²) >= 11 is 0. The van der Waals surface area contributed by atoms with Crippen LogP contribution in [0.15, 0.2) is 42.7 Å². The van der Waals surface area contributed by atoms with Crippen molar-refractivity contribution in [1.29, 1.82) is 0 Å². The molecule has 21 heavy (non-hydrogen) atoms. The van der Waals surface area contributed by atoms with Crippen LogP contribution in [-0.2, 0) is 6.54 Å². The van der Waals surface area contributed by atoms with Crippen LogP contribution in [-0.4, -0.2) is 21.1 Å². The Morgan fingerprint density at radius 3 is 2.86 bits per heavy atom. The maximum Gasteiger partial charge on any atom is 0.146 e. The van der Waals surface area contributed by atoms with Crippen LogP contribution in [0.4, 0.5) is 0 Å².